The van der Waals surface area contributed by atoms with Crippen molar-refractivity contribution in [3.8, 4) is 0 Å². The average Bonchev–Trinajstić information content (AvgIpc) is 2.56. The van der Waals surface area contributed by atoms with Crippen LogP contribution in [0.25, 0.3) is 0 Å². The van der Waals surface area contributed by atoms with Crippen molar-refractivity contribution < 1.29 is 9.18 Å². The summed E-state index contributed by atoms with van der Waals surface area (Å²) >= 11 is 0. The maximum atomic E-state index is 13.3. The summed E-state index contributed by atoms with van der Waals surface area (Å²) in [6, 6.07) is 16.4. The van der Waals surface area contributed by atoms with Gasteiger partial charge < -0.3 is 9.80 Å². The normalized spacial score (nSPS) is 15.0. The largest absolute Gasteiger partial charge is 0.368 e. The third-order valence-electron chi connectivity index (χ3n) is 4.00. The van der Waals surface area contributed by atoms with Crippen LogP contribution in [0.2, 0.25) is 0 Å². The molecule has 22 heavy (non-hydrogen) atoms. The van der Waals surface area contributed by atoms with Crippen molar-refractivity contribution in [2.75, 3.05) is 31.1 Å². The highest BCUT2D eigenvalue weighted by Gasteiger charge is 2.21. The topological polar surface area (TPSA) is 23.6 Å². The molecular weight excluding hydrogens is 279 g/mol. The van der Waals surface area contributed by atoms with Crippen LogP contribution in [-0.4, -0.2) is 37.0 Å². The minimum atomic E-state index is -0.222. The van der Waals surface area contributed by atoms with Crippen LogP contribution in [0, 0.1) is 5.82 Å². The average molecular weight is 298 g/mol. The van der Waals surface area contributed by atoms with Gasteiger partial charge in [0.15, 0.2) is 0 Å². The molecule has 1 fully saturated rings. The standard InChI is InChI=1S/C18H19FN2O/c19-16-7-4-8-17(14-16)20-9-11-21(12-10-20)18(22)13-15-5-2-1-3-6-15/h1-8,14H,9-13H2. The zero-order chi connectivity index (χ0) is 15.4. The highest BCUT2D eigenvalue weighted by Crippen LogP contribution is 2.17. The number of halogens is 1. The van der Waals surface area contributed by atoms with Crippen molar-refractivity contribution in [1.82, 2.24) is 4.90 Å². The quantitative estimate of drug-likeness (QED) is 0.870. The predicted molar refractivity (Wildman–Crippen MR) is 85.3 cm³/mol. The van der Waals surface area contributed by atoms with E-state index in [-0.39, 0.29) is 11.7 Å². The van der Waals surface area contributed by atoms with E-state index in [2.05, 4.69) is 4.90 Å². The van der Waals surface area contributed by atoms with Crippen LogP contribution in [-0.2, 0) is 11.2 Å². The number of benzene rings is 2. The number of nitrogens with zero attached hydrogens (tertiary/aromatic N) is 2. The lowest BCUT2D eigenvalue weighted by molar-refractivity contribution is -0.130. The molecule has 114 valence electrons. The maximum absolute atomic E-state index is 13.3. The molecule has 0 radical (unpaired) electrons. The van der Waals surface area contributed by atoms with Crippen LogP contribution in [0.1, 0.15) is 5.56 Å². The Morgan fingerprint density at radius 2 is 1.68 bits per heavy atom. The fraction of sp³-hybridized carbons (Fsp3) is 0.278. The lowest BCUT2D eigenvalue weighted by Crippen LogP contribution is -2.49. The van der Waals surface area contributed by atoms with E-state index in [0.717, 1.165) is 24.3 Å². The summed E-state index contributed by atoms with van der Waals surface area (Å²) in [6.45, 7) is 2.85. The number of piperazine rings is 1. The Morgan fingerprint density at radius 3 is 2.36 bits per heavy atom. The van der Waals surface area contributed by atoms with Gasteiger partial charge in [-0.05, 0) is 23.8 Å². The number of hydrogen-bond donors (Lipinski definition) is 0. The fourth-order valence-electron chi connectivity index (χ4n) is 2.77. The molecule has 0 N–H and O–H groups in total. The smallest absolute Gasteiger partial charge is 0.227 e. The second kappa shape index (κ2) is 6.60. The molecule has 0 aliphatic carbocycles. The monoisotopic (exact) mass is 298 g/mol. The molecule has 0 bridgehead atoms. The van der Waals surface area contributed by atoms with Gasteiger partial charge in [-0.1, -0.05) is 36.4 Å². The summed E-state index contributed by atoms with van der Waals surface area (Å²) in [5.41, 5.74) is 1.93. The molecule has 0 spiro atoms. The van der Waals surface area contributed by atoms with Gasteiger partial charge in [0.05, 0.1) is 6.42 Å². The number of hydrogen-bond acceptors (Lipinski definition) is 2. The van der Waals surface area contributed by atoms with Crippen LogP contribution in [0.15, 0.2) is 54.6 Å². The molecule has 4 heteroatoms. The summed E-state index contributed by atoms with van der Waals surface area (Å²) in [5.74, 6) is -0.0647. The van der Waals surface area contributed by atoms with Crippen molar-refractivity contribution in [3.05, 3.63) is 66.0 Å². The van der Waals surface area contributed by atoms with E-state index in [9.17, 15) is 9.18 Å². The minimum Gasteiger partial charge on any atom is -0.368 e. The summed E-state index contributed by atoms with van der Waals surface area (Å²) < 4.78 is 13.3. The molecule has 1 aliphatic heterocycles. The molecule has 1 aliphatic rings. The van der Waals surface area contributed by atoms with Crippen molar-refractivity contribution >= 4 is 11.6 Å². The van der Waals surface area contributed by atoms with E-state index in [0.29, 0.717) is 19.5 Å². The molecule has 0 atom stereocenters. The van der Waals surface area contributed by atoms with E-state index in [4.69, 9.17) is 0 Å². The van der Waals surface area contributed by atoms with Crippen molar-refractivity contribution in [2.45, 2.75) is 6.42 Å². The molecule has 0 aromatic heterocycles. The van der Waals surface area contributed by atoms with E-state index < -0.39 is 0 Å². The molecular formula is C18H19FN2O. The van der Waals surface area contributed by atoms with E-state index in [1.54, 1.807) is 12.1 Å². The van der Waals surface area contributed by atoms with Crippen molar-refractivity contribution in [2.24, 2.45) is 0 Å². The van der Waals surface area contributed by atoms with Gasteiger partial charge in [0.25, 0.3) is 0 Å². The first-order valence-electron chi connectivity index (χ1n) is 7.54. The van der Waals surface area contributed by atoms with Gasteiger partial charge in [-0.25, -0.2) is 4.39 Å². The van der Waals surface area contributed by atoms with E-state index >= 15 is 0 Å². The predicted octanol–water partition coefficient (Wildman–Crippen LogP) is 2.72. The highest BCUT2D eigenvalue weighted by molar-refractivity contribution is 5.79. The molecule has 1 heterocycles. The molecule has 1 saturated heterocycles. The molecule has 0 saturated carbocycles. The molecule has 2 aromatic carbocycles. The first-order chi connectivity index (χ1) is 10.7. The second-order valence-corrected chi connectivity index (χ2v) is 5.51. The number of amides is 1. The van der Waals surface area contributed by atoms with Crippen molar-refractivity contribution in [1.29, 1.82) is 0 Å². The van der Waals surface area contributed by atoms with Gasteiger partial charge in [-0.15, -0.1) is 0 Å². The molecule has 3 nitrogen and oxygen atoms in total. The fourth-order valence-corrected chi connectivity index (χ4v) is 2.77. The summed E-state index contributed by atoms with van der Waals surface area (Å²) in [4.78, 5) is 16.3. The lowest BCUT2D eigenvalue weighted by Gasteiger charge is -2.36. The Morgan fingerprint density at radius 1 is 0.955 bits per heavy atom. The zero-order valence-corrected chi connectivity index (χ0v) is 12.4. The van der Waals surface area contributed by atoms with Crippen LogP contribution in [0.3, 0.4) is 0 Å². The van der Waals surface area contributed by atoms with Gasteiger partial charge in [0.1, 0.15) is 5.82 Å². The molecule has 2 aromatic rings. The number of rotatable bonds is 3. The Kier molecular flexibility index (Phi) is 4.37. The Bertz CT molecular complexity index is 637. The summed E-state index contributed by atoms with van der Waals surface area (Å²) in [5, 5.41) is 0. The maximum Gasteiger partial charge on any atom is 0.227 e. The number of carbonyl (C=O) groups is 1. The third kappa shape index (κ3) is 3.45. The Labute approximate surface area is 130 Å². The minimum absolute atomic E-state index is 0.157. The van der Waals surface area contributed by atoms with Gasteiger partial charge in [0, 0.05) is 31.9 Å². The SMILES string of the molecule is O=C(Cc1ccccc1)N1CCN(c2cccc(F)c2)CC1. The van der Waals surface area contributed by atoms with Gasteiger partial charge in [-0.3, -0.25) is 4.79 Å². The van der Waals surface area contributed by atoms with Crippen LogP contribution < -0.4 is 4.90 Å². The van der Waals surface area contributed by atoms with Crippen LogP contribution in [0.5, 0.6) is 0 Å². The number of anilines is 1. The van der Waals surface area contributed by atoms with Gasteiger partial charge >= 0.3 is 0 Å². The zero-order valence-electron chi connectivity index (χ0n) is 12.4. The van der Waals surface area contributed by atoms with Gasteiger partial charge in [-0.2, -0.15) is 0 Å². The first-order valence-corrected chi connectivity index (χ1v) is 7.54. The molecule has 3 rings (SSSR count). The first kappa shape index (κ1) is 14.6. The Balaban J connectivity index is 1.56. The van der Waals surface area contributed by atoms with Crippen LogP contribution in [0.4, 0.5) is 10.1 Å². The highest BCUT2D eigenvalue weighted by atomic mass is 19.1. The second-order valence-electron chi connectivity index (χ2n) is 5.51. The summed E-state index contributed by atoms with van der Waals surface area (Å²) in [6.07, 6.45) is 0.445. The molecule has 1 amide bonds. The lowest BCUT2D eigenvalue weighted by atomic mass is 10.1. The van der Waals surface area contributed by atoms with E-state index in [1.165, 1.54) is 6.07 Å². The Hall–Kier alpha value is -2.36. The number of carbonyl (C=O) groups excluding carboxylic acids is 1. The van der Waals surface area contributed by atoms with Crippen LogP contribution >= 0.6 is 0 Å². The van der Waals surface area contributed by atoms with E-state index in [1.807, 2.05) is 41.3 Å². The molecule has 0 unspecified atom stereocenters. The van der Waals surface area contributed by atoms with Gasteiger partial charge in [0.2, 0.25) is 5.91 Å². The summed E-state index contributed by atoms with van der Waals surface area (Å²) in [7, 11) is 0. The van der Waals surface area contributed by atoms with Crippen molar-refractivity contribution in [3.63, 3.8) is 0 Å². The third-order valence-corrected chi connectivity index (χ3v) is 4.00.